The second-order valence-electron chi connectivity index (χ2n) is 4.74. The number of fused-ring (bicyclic) bond motifs is 1. The third kappa shape index (κ3) is 1.84. The summed E-state index contributed by atoms with van der Waals surface area (Å²) in [6.07, 6.45) is 3.32. The second kappa shape index (κ2) is 4.62. The number of ketones is 1. The standard InChI is InChI=1S/C17H14O3/c1-20-14-8-6-13(7-9-14)17(19)11-10-12-4-2-3-5-15(12)16(17)18/h2-11,19H,1H3. The van der Waals surface area contributed by atoms with Crippen molar-refractivity contribution in [1.82, 2.24) is 0 Å². The van der Waals surface area contributed by atoms with Gasteiger partial charge >= 0.3 is 0 Å². The molecule has 0 saturated carbocycles. The number of benzene rings is 2. The van der Waals surface area contributed by atoms with Crippen LogP contribution in [-0.2, 0) is 5.60 Å². The quantitative estimate of drug-likeness (QED) is 0.909. The maximum atomic E-state index is 12.6. The Bertz CT molecular complexity index is 686. The van der Waals surface area contributed by atoms with Gasteiger partial charge in [0.1, 0.15) is 5.75 Å². The molecular formula is C17H14O3. The first-order chi connectivity index (χ1) is 9.65. The van der Waals surface area contributed by atoms with E-state index < -0.39 is 5.60 Å². The van der Waals surface area contributed by atoms with Crippen molar-refractivity contribution in [3.63, 3.8) is 0 Å². The lowest BCUT2D eigenvalue weighted by Gasteiger charge is -2.27. The van der Waals surface area contributed by atoms with Gasteiger partial charge in [-0.15, -0.1) is 0 Å². The Kier molecular flexibility index (Phi) is 2.92. The number of carbonyl (C=O) groups excluding carboxylic acids is 1. The van der Waals surface area contributed by atoms with E-state index in [2.05, 4.69) is 0 Å². The van der Waals surface area contributed by atoms with E-state index in [1.807, 2.05) is 12.1 Å². The Morgan fingerprint density at radius 1 is 1.05 bits per heavy atom. The summed E-state index contributed by atoms with van der Waals surface area (Å²) < 4.78 is 5.09. The van der Waals surface area contributed by atoms with E-state index in [0.29, 0.717) is 16.9 Å². The average Bonchev–Trinajstić information content (AvgIpc) is 2.51. The Morgan fingerprint density at radius 2 is 1.75 bits per heavy atom. The highest BCUT2D eigenvalue weighted by atomic mass is 16.5. The molecule has 3 heteroatoms. The number of aliphatic hydroxyl groups is 1. The Morgan fingerprint density at radius 3 is 2.45 bits per heavy atom. The van der Waals surface area contributed by atoms with Gasteiger partial charge in [0.2, 0.25) is 5.78 Å². The van der Waals surface area contributed by atoms with Gasteiger partial charge in [0.25, 0.3) is 0 Å². The summed E-state index contributed by atoms with van der Waals surface area (Å²) in [5.74, 6) is 0.380. The lowest BCUT2D eigenvalue weighted by Crippen LogP contribution is -2.35. The van der Waals surface area contributed by atoms with Crippen LogP contribution in [0.5, 0.6) is 5.75 Å². The van der Waals surface area contributed by atoms with Crippen molar-refractivity contribution in [2.45, 2.75) is 5.60 Å². The molecule has 1 aliphatic rings. The largest absolute Gasteiger partial charge is 0.497 e. The van der Waals surface area contributed by atoms with E-state index in [4.69, 9.17) is 4.74 Å². The smallest absolute Gasteiger partial charge is 0.203 e. The van der Waals surface area contributed by atoms with Crippen molar-refractivity contribution in [3.8, 4) is 5.75 Å². The zero-order valence-corrected chi connectivity index (χ0v) is 11.0. The van der Waals surface area contributed by atoms with E-state index in [1.165, 1.54) is 0 Å². The molecule has 100 valence electrons. The minimum absolute atomic E-state index is 0.305. The minimum Gasteiger partial charge on any atom is -0.497 e. The van der Waals surface area contributed by atoms with Crippen LogP contribution < -0.4 is 4.74 Å². The van der Waals surface area contributed by atoms with Crippen LogP contribution in [-0.4, -0.2) is 18.0 Å². The first-order valence-corrected chi connectivity index (χ1v) is 6.35. The van der Waals surface area contributed by atoms with Crippen molar-refractivity contribution < 1.29 is 14.6 Å². The monoisotopic (exact) mass is 266 g/mol. The Labute approximate surface area is 117 Å². The zero-order chi connectivity index (χ0) is 14.2. The van der Waals surface area contributed by atoms with E-state index in [1.54, 1.807) is 55.7 Å². The summed E-state index contributed by atoms with van der Waals surface area (Å²) in [6, 6.07) is 14.1. The SMILES string of the molecule is COc1ccc(C2(O)C=Cc3ccccc3C2=O)cc1. The molecule has 2 aromatic carbocycles. The van der Waals surface area contributed by atoms with Gasteiger partial charge in [-0.2, -0.15) is 0 Å². The van der Waals surface area contributed by atoms with Gasteiger partial charge in [-0.25, -0.2) is 0 Å². The van der Waals surface area contributed by atoms with Crippen molar-refractivity contribution in [1.29, 1.82) is 0 Å². The predicted octanol–water partition coefficient (Wildman–Crippen LogP) is 2.79. The van der Waals surface area contributed by atoms with Gasteiger partial charge in [-0.05, 0) is 29.3 Å². The van der Waals surface area contributed by atoms with Crippen molar-refractivity contribution in [2.24, 2.45) is 0 Å². The van der Waals surface area contributed by atoms with Crippen molar-refractivity contribution >= 4 is 11.9 Å². The molecule has 0 saturated heterocycles. The fourth-order valence-corrected chi connectivity index (χ4v) is 2.41. The fraction of sp³-hybridized carbons (Fsp3) is 0.118. The number of rotatable bonds is 2. The van der Waals surface area contributed by atoms with Crippen LogP contribution in [0.1, 0.15) is 21.5 Å². The molecular weight excluding hydrogens is 252 g/mol. The van der Waals surface area contributed by atoms with Crippen LogP contribution in [0.3, 0.4) is 0 Å². The highest BCUT2D eigenvalue weighted by molar-refractivity contribution is 6.09. The normalized spacial score (nSPS) is 20.6. The molecule has 20 heavy (non-hydrogen) atoms. The molecule has 0 heterocycles. The summed E-state index contributed by atoms with van der Waals surface area (Å²) in [7, 11) is 1.58. The molecule has 3 nitrogen and oxygen atoms in total. The molecule has 2 aromatic rings. The van der Waals surface area contributed by atoms with E-state index in [9.17, 15) is 9.90 Å². The fourth-order valence-electron chi connectivity index (χ4n) is 2.41. The maximum absolute atomic E-state index is 12.6. The zero-order valence-electron chi connectivity index (χ0n) is 11.0. The van der Waals surface area contributed by atoms with Crippen LogP contribution in [0.2, 0.25) is 0 Å². The van der Waals surface area contributed by atoms with Crippen LogP contribution in [0, 0.1) is 0 Å². The van der Waals surface area contributed by atoms with Crippen LogP contribution in [0.15, 0.2) is 54.6 Å². The van der Waals surface area contributed by atoms with Gasteiger partial charge in [-0.1, -0.05) is 42.5 Å². The van der Waals surface area contributed by atoms with Crippen LogP contribution in [0.25, 0.3) is 6.08 Å². The number of hydrogen-bond acceptors (Lipinski definition) is 3. The summed E-state index contributed by atoms with van der Waals surface area (Å²) in [5, 5.41) is 10.7. The third-order valence-corrected chi connectivity index (χ3v) is 3.59. The highest BCUT2D eigenvalue weighted by Gasteiger charge is 2.38. The molecule has 1 N–H and O–H groups in total. The third-order valence-electron chi connectivity index (χ3n) is 3.59. The molecule has 0 bridgehead atoms. The van der Waals surface area contributed by atoms with Gasteiger partial charge in [0.15, 0.2) is 5.60 Å². The van der Waals surface area contributed by atoms with Crippen LogP contribution in [0.4, 0.5) is 0 Å². The average molecular weight is 266 g/mol. The summed E-state index contributed by atoms with van der Waals surface area (Å²) in [4.78, 5) is 12.6. The van der Waals surface area contributed by atoms with Crippen LogP contribution >= 0.6 is 0 Å². The molecule has 0 aliphatic heterocycles. The molecule has 1 aliphatic carbocycles. The number of methoxy groups -OCH3 is 1. The molecule has 1 unspecified atom stereocenters. The predicted molar refractivity (Wildman–Crippen MR) is 76.7 cm³/mol. The van der Waals surface area contributed by atoms with Gasteiger partial charge < -0.3 is 9.84 Å². The summed E-state index contributed by atoms with van der Waals surface area (Å²) in [6.45, 7) is 0. The topological polar surface area (TPSA) is 46.5 Å². The number of Topliss-reactive ketones (excluding diaryl/α,β-unsaturated/α-hetero) is 1. The maximum Gasteiger partial charge on any atom is 0.203 e. The molecule has 1 atom stereocenters. The minimum atomic E-state index is -1.61. The molecule has 0 amide bonds. The van der Waals surface area contributed by atoms with E-state index >= 15 is 0 Å². The van der Waals surface area contributed by atoms with Gasteiger partial charge in [0, 0.05) is 5.56 Å². The van der Waals surface area contributed by atoms with Gasteiger partial charge in [0.05, 0.1) is 7.11 Å². The highest BCUT2D eigenvalue weighted by Crippen LogP contribution is 2.34. The molecule has 0 aromatic heterocycles. The molecule has 3 rings (SSSR count). The van der Waals surface area contributed by atoms with E-state index in [0.717, 1.165) is 5.56 Å². The van der Waals surface area contributed by atoms with E-state index in [-0.39, 0.29) is 5.78 Å². The Balaban J connectivity index is 2.07. The van der Waals surface area contributed by atoms with Crippen molar-refractivity contribution in [3.05, 3.63) is 71.3 Å². The number of carbonyl (C=O) groups is 1. The lowest BCUT2D eigenvalue weighted by molar-refractivity contribution is 0.0515. The second-order valence-corrected chi connectivity index (χ2v) is 4.74. The molecule has 0 spiro atoms. The van der Waals surface area contributed by atoms with Gasteiger partial charge in [-0.3, -0.25) is 4.79 Å². The lowest BCUT2D eigenvalue weighted by atomic mass is 9.80. The van der Waals surface area contributed by atoms with Crippen molar-refractivity contribution in [2.75, 3.05) is 7.11 Å². The molecule has 0 fully saturated rings. The number of ether oxygens (including phenoxy) is 1. The first kappa shape index (κ1) is 12.6. The summed E-state index contributed by atoms with van der Waals surface area (Å²) in [5.41, 5.74) is 0.290. The number of hydrogen-bond donors (Lipinski definition) is 1. The first-order valence-electron chi connectivity index (χ1n) is 6.35. The molecule has 0 radical (unpaired) electrons. The Hall–Kier alpha value is -2.39. The summed E-state index contributed by atoms with van der Waals surface area (Å²) >= 11 is 0.